The molecule has 182 valence electrons. The molecular weight excluding hydrogens is 436 g/mol. The number of nitrogens with zero attached hydrogens (tertiary/aromatic N) is 3. The molecule has 4 rings (SSSR count). The highest BCUT2D eigenvalue weighted by molar-refractivity contribution is 6.15. The van der Waals surface area contributed by atoms with Crippen LogP contribution >= 0.6 is 0 Å². The summed E-state index contributed by atoms with van der Waals surface area (Å²) >= 11 is 0. The minimum Gasteiger partial charge on any atom is -0.497 e. The Morgan fingerprint density at radius 3 is 2.51 bits per heavy atom. The average Bonchev–Trinajstić information content (AvgIpc) is 2.93. The van der Waals surface area contributed by atoms with Gasteiger partial charge in [0.25, 0.3) is 0 Å². The highest BCUT2D eigenvalue weighted by Gasteiger charge is 2.15. The average molecular weight is 471 g/mol. The molecule has 0 saturated carbocycles. The molecule has 3 heterocycles. The van der Waals surface area contributed by atoms with Gasteiger partial charge < -0.3 is 14.8 Å². The van der Waals surface area contributed by atoms with Crippen molar-refractivity contribution in [2.75, 3.05) is 34.4 Å². The SMILES string of the molecule is CNCC/C=C/c1cccnc1.COc1ccc(/C=C2\CCCN=C2c2cccnc2)c(OC)c1. The maximum Gasteiger partial charge on any atom is 0.129 e. The van der Waals surface area contributed by atoms with Gasteiger partial charge in [-0.3, -0.25) is 15.0 Å². The number of aliphatic imine (C=N–C) groups is 1. The van der Waals surface area contributed by atoms with E-state index in [0.29, 0.717) is 0 Å². The van der Waals surface area contributed by atoms with Crippen molar-refractivity contribution in [3.8, 4) is 11.5 Å². The lowest BCUT2D eigenvalue weighted by Gasteiger charge is -2.17. The number of hydrogen-bond donors (Lipinski definition) is 1. The third-order valence-corrected chi connectivity index (χ3v) is 5.44. The Labute approximate surface area is 208 Å². The Bertz CT molecular complexity index is 1130. The molecule has 6 heteroatoms. The van der Waals surface area contributed by atoms with Crippen LogP contribution in [0.2, 0.25) is 0 Å². The van der Waals surface area contributed by atoms with Crippen molar-refractivity contribution in [3.05, 3.63) is 95.6 Å². The summed E-state index contributed by atoms with van der Waals surface area (Å²) in [5, 5.41) is 3.09. The molecule has 1 aliphatic rings. The number of hydrogen-bond acceptors (Lipinski definition) is 6. The van der Waals surface area contributed by atoms with Gasteiger partial charge in [-0.25, -0.2) is 0 Å². The number of rotatable bonds is 8. The van der Waals surface area contributed by atoms with Gasteiger partial charge in [0, 0.05) is 48.5 Å². The lowest BCUT2D eigenvalue weighted by Crippen LogP contribution is -2.12. The zero-order valence-corrected chi connectivity index (χ0v) is 20.8. The monoisotopic (exact) mass is 470 g/mol. The third kappa shape index (κ3) is 8.19. The molecule has 6 nitrogen and oxygen atoms in total. The van der Waals surface area contributed by atoms with E-state index in [9.17, 15) is 0 Å². The van der Waals surface area contributed by atoms with Crippen LogP contribution in [0.25, 0.3) is 12.2 Å². The summed E-state index contributed by atoms with van der Waals surface area (Å²) < 4.78 is 10.8. The minimum atomic E-state index is 0.786. The zero-order chi connectivity index (χ0) is 24.7. The van der Waals surface area contributed by atoms with Gasteiger partial charge >= 0.3 is 0 Å². The van der Waals surface area contributed by atoms with E-state index in [0.717, 1.165) is 66.3 Å². The first-order valence-corrected chi connectivity index (χ1v) is 11.8. The summed E-state index contributed by atoms with van der Waals surface area (Å²) in [6, 6.07) is 13.8. The number of allylic oxidation sites excluding steroid dienone is 1. The molecule has 0 spiro atoms. The van der Waals surface area contributed by atoms with Gasteiger partial charge in [-0.15, -0.1) is 0 Å². The number of methoxy groups -OCH3 is 2. The van der Waals surface area contributed by atoms with E-state index in [2.05, 4.69) is 39.6 Å². The molecule has 1 aromatic carbocycles. The smallest absolute Gasteiger partial charge is 0.129 e. The van der Waals surface area contributed by atoms with Crippen LogP contribution in [-0.4, -0.2) is 50.0 Å². The van der Waals surface area contributed by atoms with Crippen LogP contribution in [-0.2, 0) is 0 Å². The Balaban J connectivity index is 0.000000241. The van der Waals surface area contributed by atoms with Crippen LogP contribution in [0.15, 0.2) is 83.9 Å². The third-order valence-electron chi connectivity index (χ3n) is 5.44. The normalized spacial score (nSPS) is 14.3. The van der Waals surface area contributed by atoms with Crippen LogP contribution < -0.4 is 14.8 Å². The number of ether oxygens (including phenoxy) is 2. The maximum atomic E-state index is 5.49. The van der Waals surface area contributed by atoms with Crippen LogP contribution in [0.3, 0.4) is 0 Å². The van der Waals surface area contributed by atoms with Crippen molar-refractivity contribution in [2.45, 2.75) is 19.3 Å². The van der Waals surface area contributed by atoms with E-state index in [4.69, 9.17) is 14.5 Å². The van der Waals surface area contributed by atoms with Gasteiger partial charge in [-0.05, 0) is 80.4 Å². The number of benzene rings is 1. The fourth-order valence-electron chi connectivity index (χ4n) is 3.65. The van der Waals surface area contributed by atoms with E-state index >= 15 is 0 Å². The molecular formula is C29H34N4O2. The Kier molecular flexibility index (Phi) is 10.7. The second kappa shape index (κ2) is 14.5. The van der Waals surface area contributed by atoms with E-state index < -0.39 is 0 Å². The molecule has 0 atom stereocenters. The summed E-state index contributed by atoms with van der Waals surface area (Å²) in [6.45, 7) is 1.89. The summed E-state index contributed by atoms with van der Waals surface area (Å²) in [7, 11) is 5.28. The highest BCUT2D eigenvalue weighted by atomic mass is 16.5. The van der Waals surface area contributed by atoms with E-state index in [1.165, 1.54) is 5.57 Å². The molecule has 0 bridgehead atoms. The fourth-order valence-corrected chi connectivity index (χ4v) is 3.65. The van der Waals surface area contributed by atoms with Gasteiger partial charge in [0.15, 0.2) is 0 Å². The Morgan fingerprint density at radius 2 is 1.83 bits per heavy atom. The van der Waals surface area contributed by atoms with Gasteiger partial charge in [0.2, 0.25) is 0 Å². The number of nitrogens with one attached hydrogen (secondary N) is 1. The Morgan fingerprint density at radius 1 is 1.00 bits per heavy atom. The van der Waals surface area contributed by atoms with Crippen LogP contribution in [0.4, 0.5) is 0 Å². The Hall–Kier alpha value is -3.77. The van der Waals surface area contributed by atoms with Gasteiger partial charge in [-0.1, -0.05) is 18.2 Å². The van der Waals surface area contributed by atoms with Crippen molar-refractivity contribution in [2.24, 2.45) is 4.99 Å². The van der Waals surface area contributed by atoms with Gasteiger partial charge in [-0.2, -0.15) is 0 Å². The molecule has 0 unspecified atom stereocenters. The summed E-state index contributed by atoms with van der Waals surface area (Å²) in [5.74, 6) is 1.58. The molecule has 2 aromatic heterocycles. The predicted molar refractivity (Wildman–Crippen MR) is 144 cm³/mol. The van der Waals surface area contributed by atoms with Gasteiger partial charge in [0.1, 0.15) is 11.5 Å². The van der Waals surface area contributed by atoms with Crippen LogP contribution in [0.1, 0.15) is 36.0 Å². The second-order valence-corrected chi connectivity index (χ2v) is 7.93. The molecule has 3 aromatic rings. The second-order valence-electron chi connectivity index (χ2n) is 7.93. The van der Waals surface area contributed by atoms with Crippen molar-refractivity contribution in [3.63, 3.8) is 0 Å². The van der Waals surface area contributed by atoms with E-state index in [-0.39, 0.29) is 0 Å². The molecule has 0 radical (unpaired) electrons. The number of pyridine rings is 2. The summed E-state index contributed by atoms with van der Waals surface area (Å²) in [4.78, 5) is 12.9. The quantitative estimate of drug-likeness (QED) is 0.442. The minimum absolute atomic E-state index is 0.786. The highest BCUT2D eigenvalue weighted by Crippen LogP contribution is 2.29. The van der Waals surface area contributed by atoms with Crippen molar-refractivity contribution in [1.82, 2.24) is 15.3 Å². The molecule has 1 N–H and O–H groups in total. The van der Waals surface area contributed by atoms with E-state index in [1.807, 2.05) is 55.8 Å². The van der Waals surface area contributed by atoms with Crippen molar-refractivity contribution in [1.29, 1.82) is 0 Å². The van der Waals surface area contributed by atoms with Crippen molar-refractivity contribution >= 4 is 17.9 Å². The lowest BCUT2D eigenvalue weighted by molar-refractivity contribution is 0.393. The summed E-state index contributed by atoms with van der Waals surface area (Å²) in [5.41, 5.74) is 5.50. The topological polar surface area (TPSA) is 68.6 Å². The van der Waals surface area contributed by atoms with Crippen molar-refractivity contribution < 1.29 is 9.47 Å². The maximum absolute atomic E-state index is 5.49. The largest absolute Gasteiger partial charge is 0.497 e. The molecule has 35 heavy (non-hydrogen) atoms. The van der Waals surface area contributed by atoms with Crippen LogP contribution in [0, 0.1) is 0 Å². The number of aromatic nitrogens is 2. The lowest BCUT2D eigenvalue weighted by atomic mass is 9.94. The first-order valence-electron chi connectivity index (χ1n) is 11.8. The molecule has 0 fully saturated rings. The van der Waals surface area contributed by atoms with Gasteiger partial charge in [0.05, 0.1) is 19.9 Å². The molecule has 0 saturated heterocycles. The molecule has 1 aliphatic heterocycles. The van der Waals surface area contributed by atoms with E-state index in [1.54, 1.807) is 26.6 Å². The predicted octanol–water partition coefficient (Wildman–Crippen LogP) is 5.47. The summed E-state index contributed by atoms with van der Waals surface area (Å²) in [6.07, 6.45) is 16.8. The first-order chi connectivity index (χ1) is 17.2. The molecule has 0 aliphatic carbocycles. The molecule has 0 amide bonds. The standard InChI is InChI=1S/C19H20N2O2.C10H14N2/c1-22-17-8-7-14(18(12-17)23-2)11-15-5-4-10-21-19(15)16-6-3-9-20-13-16;1-11-7-3-2-5-10-6-4-8-12-9-10/h3,6-9,11-13H,4-5,10H2,1-2H3;2,4-6,8-9,11H,3,7H2,1H3/b15-11+;5-2+. The van der Waals surface area contributed by atoms with Crippen LogP contribution in [0.5, 0.6) is 11.5 Å². The first kappa shape index (κ1) is 25.8. The fraction of sp³-hybridized carbons (Fsp3) is 0.276. The zero-order valence-electron chi connectivity index (χ0n) is 20.8.